The van der Waals surface area contributed by atoms with Crippen LogP contribution in [-0.2, 0) is 6.61 Å². The van der Waals surface area contributed by atoms with E-state index in [0.717, 1.165) is 5.56 Å². The Kier molecular flexibility index (Phi) is 4.20. The number of benzene rings is 1. The number of carboxylic acids is 1. The number of para-hydroxylation sites is 1. The maximum absolute atomic E-state index is 11.2. The summed E-state index contributed by atoms with van der Waals surface area (Å²) in [5, 5.41) is 9.15. The van der Waals surface area contributed by atoms with Crippen LogP contribution in [0.5, 0.6) is 11.6 Å². The number of rotatable bonds is 5. The van der Waals surface area contributed by atoms with Gasteiger partial charge in [-0.05, 0) is 24.6 Å². The summed E-state index contributed by atoms with van der Waals surface area (Å²) >= 11 is 0. The van der Waals surface area contributed by atoms with E-state index in [2.05, 4.69) is 4.98 Å². The van der Waals surface area contributed by atoms with Gasteiger partial charge in [0.2, 0.25) is 5.88 Å². The Bertz CT molecular complexity index is 625. The lowest BCUT2D eigenvalue weighted by Crippen LogP contribution is -2.06. The fourth-order valence-electron chi connectivity index (χ4n) is 1.81. The molecule has 0 bridgehead atoms. The van der Waals surface area contributed by atoms with Crippen molar-refractivity contribution in [3.63, 3.8) is 0 Å². The molecule has 0 aliphatic rings. The van der Waals surface area contributed by atoms with Gasteiger partial charge >= 0.3 is 5.97 Å². The van der Waals surface area contributed by atoms with E-state index in [-0.39, 0.29) is 12.2 Å². The fraction of sp³-hybridized carbons (Fsp3) is 0.200. The SMILES string of the molecule is COc1cccc(COc2c(C)cccc2C(=O)O)n1. The molecule has 20 heavy (non-hydrogen) atoms. The summed E-state index contributed by atoms with van der Waals surface area (Å²) in [6.45, 7) is 1.99. The first kappa shape index (κ1) is 13.9. The molecule has 0 radical (unpaired) electrons. The number of aromatic nitrogens is 1. The van der Waals surface area contributed by atoms with Gasteiger partial charge in [-0.25, -0.2) is 9.78 Å². The third kappa shape index (κ3) is 3.06. The molecule has 0 spiro atoms. The van der Waals surface area contributed by atoms with Crippen molar-refractivity contribution in [1.29, 1.82) is 0 Å². The van der Waals surface area contributed by atoms with Crippen molar-refractivity contribution >= 4 is 5.97 Å². The Labute approximate surface area is 116 Å². The molecule has 0 aliphatic carbocycles. The minimum atomic E-state index is -1.01. The van der Waals surface area contributed by atoms with Crippen molar-refractivity contribution in [2.45, 2.75) is 13.5 Å². The van der Waals surface area contributed by atoms with Gasteiger partial charge in [-0.15, -0.1) is 0 Å². The Hall–Kier alpha value is -2.56. The predicted molar refractivity (Wildman–Crippen MR) is 73.3 cm³/mol. The highest BCUT2D eigenvalue weighted by atomic mass is 16.5. The van der Waals surface area contributed by atoms with Gasteiger partial charge in [0.15, 0.2) is 0 Å². The van der Waals surface area contributed by atoms with Crippen LogP contribution in [0.4, 0.5) is 0 Å². The average molecular weight is 273 g/mol. The molecular weight excluding hydrogens is 258 g/mol. The summed E-state index contributed by atoms with van der Waals surface area (Å²) in [5.74, 6) is -0.152. The van der Waals surface area contributed by atoms with Crippen LogP contribution in [-0.4, -0.2) is 23.2 Å². The van der Waals surface area contributed by atoms with Crippen molar-refractivity contribution in [3.8, 4) is 11.6 Å². The lowest BCUT2D eigenvalue weighted by Gasteiger charge is -2.11. The summed E-state index contributed by atoms with van der Waals surface area (Å²) in [7, 11) is 1.54. The van der Waals surface area contributed by atoms with Crippen LogP contribution < -0.4 is 9.47 Å². The molecular formula is C15H15NO4. The van der Waals surface area contributed by atoms with E-state index in [9.17, 15) is 4.79 Å². The molecule has 0 fully saturated rings. The molecule has 0 aliphatic heterocycles. The van der Waals surface area contributed by atoms with E-state index in [4.69, 9.17) is 14.6 Å². The summed E-state index contributed by atoms with van der Waals surface area (Å²) in [5.41, 5.74) is 1.59. The topological polar surface area (TPSA) is 68.7 Å². The molecule has 0 atom stereocenters. The van der Waals surface area contributed by atoms with E-state index in [0.29, 0.717) is 17.3 Å². The Morgan fingerprint density at radius 3 is 2.70 bits per heavy atom. The number of pyridine rings is 1. The number of aryl methyl sites for hydroxylation is 1. The number of carboxylic acid groups (broad SMARTS) is 1. The van der Waals surface area contributed by atoms with E-state index in [1.165, 1.54) is 13.2 Å². The highest BCUT2D eigenvalue weighted by Crippen LogP contribution is 2.24. The standard InChI is InChI=1S/C15H15NO4/c1-10-5-3-7-12(15(17)18)14(10)20-9-11-6-4-8-13(16-11)19-2/h3-8H,9H2,1-2H3,(H,17,18). The van der Waals surface area contributed by atoms with E-state index in [1.54, 1.807) is 37.3 Å². The van der Waals surface area contributed by atoms with Crippen molar-refractivity contribution in [1.82, 2.24) is 4.98 Å². The first-order valence-corrected chi connectivity index (χ1v) is 6.07. The average Bonchev–Trinajstić information content (AvgIpc) is 2.45. The zero-order valence-corrected chi connectivity index (χ0v) is 11.3. The van der Waals surface area contributed by atoms with Gasteiger partial charge in [0, 0.05) is 6.07 Å². The third-order valence-electron chi connectivity index (χ3n) is 2.80. The largest absolute Gasteiger partial charge is 0.486 e. The van der Waals surface area contributed by atoms with Crippen molar-refractivity contribution in [2.24, 2.45) is 0 Å². The van der Waals surface area contributed by atoms with Crippen LogP contribution in [0, 0.1) is 6.92 Å². The van der Waals surface area contributed by atoms with Crippen LogP contribution in [0.1, 0.15) is 21.6 Å². The van der Waals surface area contributed by atoms with Gasteiger partial charge in [0.25, 0.3) is 0 Å². The maximum Gasteiger partial charge on any atom is 0.339 e. The maximum atomic E-state index is 11.2. The molecule has 0 amide bonds. The van der Waals surface area contributed by atoms with Gasteiger partial charge in [-0.1, -0.05) is 18.2 Å². The molecule has 1 aromatic heterocycles. The van der Waals surface area contributed by atoms with Crippen LogP contribution in [0.15, 0.2) is 36.4 Å². The molecule has 104 valence electrons. The summed E-state index contributed by atoms with van der Waals surface area (Å²) < 4.78 is 10.6. The number of methoxy groups -OCH3 is 1. The predicted octanol–water partition coefficient (Wildman–Crippen LogP) is 2.68. The molecule has 0 saturated carbocycles. The number of ether oxygens (including phenoxy) is 2. The number of hydrogen-bond acceptors (Lipinski definition) is 4. The first-order valence-electron chi connectivity index (χ1n) is 6.07. The van der Waals surface area contributed by atoms with Gasteiger partial charge in [0.05, 0.1) is 12.8 Å². The Morgan fingerprint density at radius 1 is 1.25 bits per heavy atom. The molecule has 0 unspecified atom stereocenters. The smallest absolute Gasteiger partial charge is 0.339 e. The van der Waals surface area contributed by atoms with Gasteiger partial charge in [-0.3, -0.25) is 0 Å². The van der Waals surface area contributed by atoms with Crippen molar-refractivity contribution < 1.29 is 19.4 Å². The molecule has 1 aromatic carbocycles. The highest BCUT2D eigenvalue weighted by molar-refractivity contribution is 5.91. The molecule has 5 heteroatoms. The zero-order valence-electron chi connectivity index (χ0n) is 11.3. The van der Waals surface area contributed by atoms with Gasteiger partial charge < -0.3 is 14.6 Å². The number of nitrogens with zero attached hydrogens (tertiary/aromatic N) is 1. The van der Waals surface area contributed by atoms with Crippen molar-refractivity contribution in [2.75, 3.05) is 7.11 Å². The van der Waals surface area contributed by atoms with Gasteiger partial charge in [0.1, 0.15) is 17.9 Å². The number of hydrogen-bond donors (Lipinski definition) is 1. The summed E-state index contributed by atoms with van der Waals surface area (Å²) in [6, 6.07) is 10.3. The first-order chi connectivity index (χ1) is 9.61. The third-order valence-corrected chi connectivity index (χ3v) is 2.80. The lowest BCUT2D eigenvalue weighted by molar-refractivity contribution is 0.0691. The highest BCUT2D eigenvalue weighted by Gasteiger charge is 2.13. The fourth-order valence-corrected chi connectivity index (χ4v) is 1.81. The second-order valence-corrected chi connectivity index (χ2v) is 4.22. The van der Waals surface area contributed by atoms with E-state index >= 15 is 0 Å². The van der Waals surface area contributed by atoms with Gasteiger partial charge in [-0.2, -0.15) is 0 Å². The minimum absolute atomic E-state index is 0.146. The molecule has 2 rings (SSSR count). The Balaban J connectivity index is 2.20. The monoisotopic (exact) mass is 273 g/mol. The molecule has 1 heterocycles. The second kappa shape index (κ2) is 6.06. The lowest BCUT2D eigenvalue weighted by atomic mass is 10.1. The Morgan fingerprint density at radius 2 is 2.00 bits per heavy atom. The van der Waals surface area contributed by atoms with E-state index in [1.807, 2.05) is 0 Å². The normalized spacial score (nSPS) is 10.1. The zero-order chi connectivity index (χ0) is 14.5. The number of carbonyl (C=O) groups is 1. The molecule has 1 N–H and O–H groups in total. The second-order valence-electron chi connectivity index (χ2n) is 4.22. The van der Waals surface area contributed by atoms with Crippen LogP contribution >= 0.6 is 0 Å². The van der Waals surface area contributed by atoms with E-state index < -0.39 is 5.97 Å². The van der Waals surface area contributed by atoms with Crippen LogP contribution in [0.3, 0.4) is 0 Å². The quantitative estimate of drug-likeness (QED) is 0.907. The van der Waals surface area contributed by atoms with Crippen LogP contribution in [0.25, 0.3) is 0 Å². The molecule has 5 nitrogen and oxygen atoms in total. The summed E-state index contributed by atoms with van der Waals surface area (Å²) in [6.07, 6.45) is 0. The molecule has 0 saturated heterocycles. The van der Waals surface area contributed by atoms with Crippen LogP contribution in [0.2, 0.25) is 0 Å². The number of aromatic carboxylic acids is 1. The minimum Gasteiger partial charge on any atom is -0.486 e. The summed E-state index contributed by atoms with van der Waals surface area (Å²) in [4.78, 5) is 15.4. The molecule has 2 aromatic rings. The van der Waals surface area contributed by atoms with Crippen molar-refractivity contribution in [3.05, 3.63) is 53.2 Å².